The molecule has 0 amide bonds. The van der Waals surface area contributed by atoms with E-state index in [0.29, 0.717) is 0 Å². The second kappa shape index (κ2) is 4.80. The van der Waals surface area contributed by atoms with Crippen molar-refractivity contribution in [2.45, 2.75) is 5.51 Å². The van der Waals surface area contributed by atoms with Crippen LogP contribution in [-0.4, -0.2) is 32.3 Å². The van der Waals surface area contributed by atoms with E-state index in [0.717, 1.165) is 19.4 Å². The zero-order valence-electron chi connectivity index (χ0n) is 8.76. The summed E-state index contributed by atoms with van der Waals surface area (Å²) in [4.78, 5) is 13.9. The highest BCUT2D eigenvalue weighted by atomic mass is 32.2. The van der Waals surface area contributed by atoms with Gasteiger partial charge in [-0.15, -0.1) is 0 Å². The molecule has 0 unspecified atom stereocenters. The van der Waals surface area contributed by atoms with Gasteiger partial charge in [0.2, 0.25) is 0 Å². The molecule has 0 N–H and O–H groups in total. The van der Waals surface area contributed by atoms with E-state index in [1.165, 1.54) is 0 Å². The fourth-order valence-corrected chi connectivity index (χ4v) is 1.35. The highest BCUT2D eigenvalue weighted by molar-refractivity contribution is 7.88. The monoisotopic (exact) mass is 285 g/mol. The molecule has 0 saturated carbocycles. The van der Waals surface area contributed by atoms with Crippen LogP contribution in [0.3, 0.4) is 0 Å². The Morgan fingerprint density at radius 1 is 1.33 bits per heavy atom. The largest absolute Gasteiger partial charge is 0.534 e. The second-order valence-electron chi connectivity index (χ2n) is 2.86. The number of rotatable bonds is 4. The summed E-state index contributed by atoms with van der Waals surface area (Å²) in [7, 11) is -4.76. The summed E-state index contributed by atoms with van der Waals surface area (Å²) in [5.74, 6) is -1.12. The predicted molar refractivity (Wildman–Crippen MR) is 51.8 cm³/mol. The number of carbonyl (C=O) groups excluding carboxylic acids is 1. The number of pyridine rings is 1. The molecule has 6 nitrogen and oxygen atoms in total. The lowest BCUT2D eigenvalue weighted by molar-refractivity contribution is -0.0500. The number of halogens is 3. The van der Waals surface area contributed by atoms with Gasteiger partial charge in [0.15, 0.2) is 17.8 Å². The Balaban J connectivity index is 3.22. The Kier molecular flexibility index (Phi) is 3.79. The fraction of sp³-hybridized carbons (Fsp3) is 0.250. The van der Waals surface area contributed by atoms with Crippen molar-refractivity contribution in [1.29, 1.82) is 0 Å². The van der Waals surface area contributed by atoms with Crippen molar-refractivity contribution in [3.8, 4) is 11.5 Å². The smallest absolute Gasteiger partial charge is 0.491 e. The van der Waals surface area contributed by atoms with Gasteiger partial charge in [-0.25, -0.2) is 4.98 Å². The van der Waals surface area contributed by atoms with E-state index < -0.39 is 21.4 Å². The van der Waals surface area contributed by atoms with Crippen LogP contribution in [-0.2, 0) is 10.1 Å². The minimum absolute atomic E-state index is 0.215. The number of ether oxygens (including phenoxy) is 1. The first-order chi connectivity index (χ1) is 8.21. The van der Waals surface area contributed by atoms with Crippen LogP contribution >= 0.6 is 0 Å². The molecule has 0 aliphatic rings. The summed E-state index contributed by atoms with van der Waals surface area (Å²) in [5.41, 5.74) is -5.88. The Labute approximate surface area is 99.5 Å². The lowest BCUT2D eigenvalue weighted by atomic mass is 10.3. The Morgan fingerprint density at radius 3 is 2.39 bits per heavy atom. The molecule has 1 aromatic rings. The van der Waals surface area contributed by atoms with E-state index in [9.17, 15) is 26.4 Å². The number of alkyl halides is 3. The maximum Gasteiger partial charge on any atom is 0.534 e. The number of aldehydes is 1. The van der Waals surface area contributed by atoms with Gasteiger partial charge in [0.05, 0.1) is 13.3 Å². The normalized spacial score (nSPS) is 12.0. The number of aromatic nitrogens is 1. The summed E-state index contributed by atoms with van der Waals surface area (Å²) in [5, 5.41) is 0. The van der Waals surface area contributed by atoms with Crippen LogP contribution in [0.5, 0.6) is 11.5 Å². The van der Waals surface area contributed by atoms with Gasteiger partial charge >= 0.3 is 15.6 Å². The number of carbonyl (C=O) groups is 1. The van der Waals surface area contributed by atoms with E-state index in [1.54, 1.807) is 0 Å². The molecule has 0 aliphatic carbocycles. The van der Waals surface area contributed by atoms with Gasteiger partial charge in [-0.2, -0.15) is 21.6 Å². The van der Waals surface area contributed by atoms with E-state index in [-0.39, 0.29) is 17.7 Å². The van der Waals surface area contributed by atoms with Crippen molar-refractivity contribution in [1.82, 2.24) is 4.98 Å². The summed E-state index contributed by atoms with van der Waals surface area (Å²) < 4.78 is 66.3. The molecule has 0 spiro atoms. The molecule has 0 atom stereocenters. The van der Waals surface area contributed by atoms with Crippen LogP contribution in [0.1, 0.15) is 10.5 Å². The first-order valence-electron chi connectivity index (χ1n) is 4.21. The summed E-state index contributed by atoms with van der Waals surface area (Å²) >= 11 is 0. The lowest BCUT2D eigenvalue weighted by Crippen LogP contribution is -2.28. The van der Waals surface area contributed by atoms with Crippen molar-refractivity contribution < 1.29 is 35.3 Å². The molecule has 1 aromatic heterocycles. The Hall–Kier alpha value is -1.84. The SMILES string of the molecule is COc1cnc(C=O)cc1OS(=O)(=O)C(F)(F)F. The van der Waals surface area contributed by atoms with Gasteiger partial charge in [0, 0.05) is 6.07 Å². The van der Waals surface area contributed by atoms with Crippen LogP contribution in [0, 0.1) is 0 Å². The quantitative estimate of drug-likeness (QED) is 0.468. The van der Waals surface area contributed by atoms with Gasteiger partial charge in [-0.3, -0.25) is 4.79 Å². The van der Waals surface area contributed by atoms with Gasteiger partial charge in [-0.05, 0) is 0 Å². The van der Waals surface area contributed by atoms with Crippen LogP contribution in [0.15, 0.2) is 12.3 Å². The second-order valence-corrected chi connectivity index (χ2v) is 4.40. The zero-order chi connectivity index (χ0) is 14.0. The van der Waals surface area contributed by atoms with Crippen molar-refractivity contribution in [2.24, 2.45) is 0 Å². The topological polar surface area (TPSA) is 82.6 Å². The van der Waals surface area contributed by atoms with Crippen molar-refractivity contribution in [2.75, 3.05) is 7.11 Å². The molecule has 18 heavy (non-hydrogen) atoms. The number of nitrogens with zero attached hydrogens (tertiary/aromatic N) is 1. The van der Waals surface area contributed by atoms with E-state index in [4.69, 9.17) is 0 Å². The van der Waals surface area contributed by atoms with Crippen LogP contribution in [0.4, 0.5) is 13.2 Å². The summed E-state index contributed by atoms with van der Waals surface area (Å²) in [6, 6.07) is 0.717. The molecule has 0 aromatic carbocycles. The van der Waals surface area contributed by atoms with Gasteiger partial charge < -0.3 is 8.92 Å². The molecule has 0 radical (unpaired) electrons. The molecule has 1 heterocycles. The highest BCUT2D eigenvalue weighted by Gasteiger charge is 2.49. The Bertz CT molecular complexity index is 554. The third-order valence-electron chi connectivity index (χ3n) is 1.68. The average Bonchev–Trinajstić information content (AvgIpc) is 2.26. The molecule has 0 bridgehead atoms. The molecular weight excluding hydrogens is 279 g/mol. The average molecular weight is 285 g/mol. The summed E-state index contributed by atoms with van der Waals surface area (Å²) in [6.45, 7) is 0. The fourth-order valence-electron chi connectivity index (χ4n) is 0.888. The van der Waals surface area contributed by atoms with E-state index in [2.05, 4.69) is 13.9 Å². The minimum atomic E-state index is -5.83. The lowest BCUT2D eigenvalue weighted by Gasteiger charge is -2.11. The summed E-state index contributed by atoms with van der Waals surface area (Å²) in [6.07, 6.45) is 1.08. The zero-order valence-corrected chi connectivity index (χ0v) is 9.58. The van der Waals surface area contributed by atoms with Gasteiger partial charge in [0.25, 0.3) is 0 Å². The van der Waals surface area contributed by atoms with Crippen LogP contribution in [0.25, 0.3) is 0 Å². The van der Waals surface area contributed by atoms with Crippen LogP contribution < -0.4 is 8.92 Å². The maximum absolute atomic E-state index is 12.1. The van der Waals surface area contributed by atoms with E-state index in [1.807, 2.05) is 0 Å². The molecule has 100 valence electrons. The van der Waals surface area contributed by atoms with Gasteiger partial charge in [-0.1, -0.05) is 0 Å². The minimum Gasteiger partial charge on any atom is -0.491 e. The molecule has 0 fully saturated rings. The first kappa shape index (κ1) is 14.2. The predicted octanol–water partition coefficient (Wildman–Crippen LogP) is 1.13. The first-order valence-corrected chi connectivity index (χ1v) is 5.62. The van der Waals surface area contributed by atoms with Crippen molar-refractivity contribution in [3.05, 3.63) is 18.0 Å². The van der Waals surface area contributed by atoms with Gasteiger partial charge in [0.1, 0.15) is 5.69 Å². The molecule has 10 heteroatoms. The molecular formula is C8H6F3NO5S. The molecule has 0 aliphatic heterocycles. The number of hydrogen-bond donors (Lipinski definition) is 0. The molecule has 0 saturated heterocycles. The standard InChI is InChI=1S/C8H6F3NO5S/c1-16-7-3-12-5(4-13)2-6(7)17-18(14,15)8(9,10)11/h2-4H,1H3. The van der Waals surface area contributed by atoms with Crippen molar-refractivity contribution in [3.63, 3.8) is 0 Å². The molecule has 1 rings (SSSR count). The number of hydrogen-bond acceptors (Lipinski definition) is 6. The van der Waals surface area contributed by atoms with Crippen molar-refractivity contribution >= 4 is 16.4 Å². The highest BCUT2D eigenvalue weighted by Crippen LogP contribution is 2.32. The van der Waals surface area contributed by atoms with E-state index >= 15 is 0 Å². The van der Waals surface area contributed by atoms with Crippen LogP contribution in [0.2, 0.25) is 0 Å². The maximum atomic E-state index is 12.1. The third-order valence-corrected chi connectivity index (χ3v) is 2.64. The number of methoxy groups -OCH3 is 1. The Morgan fingerprint density at radius 2 is 1.94 bits per heavy atom. The third kappa shape index (κ3) is 2.88.